The van der Waals surface area contributed by atoms with Crippen LogP contribution in [0.4, 0.5) is 32.0 Å². The van der Waals surface area contributed by atoms with Crippen LogP contribution in [-0.2, 0) is 14.3 Å². The molecular formula is C15H14F6N2O4. The van der Waals surface area contributed by atoms with Crippen molar-refractivity contribution < 1.29 is 45.4 Å². The normalized spacial score (nSPS) is 16.1. The summed E-state index contributed by atoms with van der Waals surface area (Å²) >= 11 is 0. The molecule has 27 heavy (non-hydrogen) atoms. The molecule has 1 fully saturated rings. The van der Waals surface area contributed by atoms with Gasteiger partial charge in [-0.05, 0) is 12.1 Å². The molecule has 1 aromatic rings. The summed E-state index contributed by atoms with van der Waals surface area (Å²) in [5.74, 6) is -4.28. The number of hydrogen-bond donors (Lipinski definition) is 0. The number of hydrogen-bond acceptors (Lipinski definition) is 6. The van der Waals surface area contributed by atoms with Crippen molar-refractivity contribution in [1.29, 1.82) is 0 Å². The maximum Gasteiger partial charge on any atom is 0.573 e. The molecule has 0 atom stereocenters. The third-order valence-corrected chi connectivity index (χ3v) is 3.58. The second kappa shape index (κ2) is 8.03. The number of halogens is 6. The van der Waals surface area contributed by atoms with Gasteiger partial charge < -0.3 is 14.4 Å². The second-order valence-corrected chi connectivity index (χ2v) is 5.57. The molecule has 0 bridgehead atoms. The minimum absolute atomic E-state index is 0.236. The van der Waals surface area contributed by atoms with Crippen LogP contribution in [0.2, 0.25) is 0 Å². The van der Waals surface area contributed by atoms with Crippen molar-refractivity contribution in [3.05, 3.63) is 24.3 Å². The molecule has 0 spiro atoms. The molecular weight excluding hydrogens is 386 g/mol. The van der Waals surface area contributed by atoms with Gasteiger partial charge in [-0.25, -0.2) is 4.79 Å². The van der Waals surface area contributed by atoms with Crippen LogP contribution in [0.25, 0.3) is 0 Å². The Morgan fingerprint density at radius 3 is 2.19 bits per heavy atom. The number of ether oxygens (including phenoxy) is 2. The summed E-state index contributed by atoms with van der Waals surface area (Å²) in [4.78, 5) is 25.2. The molecule has 6 nitrogen and oxygen atoms in total. The predicted molar refractivity (Wildman–Crippen MR) is 78.9 cm³/mol. The molecule has 150 valence electrons. The van der Waals surface area contributed by atoms with Gasteiger partial charge in [-0.1, -0.05) is 6.07 Å². The van der Waals surface area contributed by atoms with Crippen LogP contribution < -0.4 is 9.64 Å². The van der Waals surface area contributed by atoms with Crippen molar-refractivity contribution in [3.8, 4) is 5.75 Å². The minimum Gasteiger partial charge on any atom is -0.406 e. The Morgan fingerprint density at radius 2 is 1.63 bits per heavy atom. The third kappa shape index (κ3) is 6.62. The standard InChI is InChI=1S/C15H14F6N2O4/c16-14(17,18)13(25)26-12(24)9-22-4-6-23(7-5-22)10-2-1-3-11(8-10)27-15(19,20)21/h1-3,8H,4-7,9H2. The van der Waals surface area contributed by atoms with E-state index in [0.29, 0.717) is 18.8 Å². The van der Waals surface area contributed by atoms with Crippen molar-refractivity contribution in [2.45, 2.75) is 12.5 Å². The second-order valence-electron chi connectivity index (χ2n) is 5.57. The van der Waals surface area contributed by atoms with Crippen LogP contribution in [0.3, 0.4) is 0 Å². The lowest BCUT2D eigenvalue weighted by molar-refractivity contribution is -0.274. The lowest BCUT2D eigenvalue weighted by atomic mass is 10.2. The Kier molecular flexibility index (Phi) is 6.19. The molecule has 1 aromatic carbocycles. The van der Waals surface area contributed by atoms with E-state index in [-0.39, 0.29) is 18.8 Å². The molecule has 0 aromatic heterocycles. The van der Waals surface area contributed by atoms with Gasteiger partial charge in [0.15, 0.2) is 0 Å². The first-order chi connectivity index (χ1) is 12.4. The van der Waals surface area contributed by atoms with Crippen molar-refractivity contribution in [1.82, 2.24) is 4.90 Å². The number of benzene rings is 1. The van der Waals surface area contributed by atoms with E-state index in [0.717, 1.165) is 6.07 Å². The SMILES string of the molecule is O=C(CN1CCN(c2cccc(OC(F)(F)F)c2)CC1)OC(=O)C(F)(F)F. The first kappa shape index (κ1) is 20.8. The van der Waals surface area contributed by atoms with E-state index in [4.69, 9.17) is 0 Å². The fourth-order valence-corrected chi connectivity index (χ4v) is 2.42. The van der Waals surface area contributed by atoms with E-state index in [1.807, 2.05) is 0 Å². The molecule has 0 amide bonds. The Hall–Kier alpha value is -2.50. The van der Waals surface area contributed by atoms with E-state index < -0.39 is 31.0 Å². The molecule has 0 N–H and O–H groups in total. The average molecular weight is 400 g/mol. The molecule has 0 unspecified atom stereocenters. The molecule has 2 rings (SSSR count). The monoisotopic (exact) mass is 400 g/mol. The molecule has 0 radical (unpaired) electrons. The summed E-state index contributed by atoms with van der Waals surface area (Å²) in [6.45, 7) is 0.568. The topological polar surface area (TPSA) is 59.1 Å². The smallest absolute Gasteiger partial charge is 0.406 e. The van der Waals surface area contributed by atoms with Crippen molar-refractivity contribution >= 4 is 17.6 Å². The molecule has 12 heteroatoms. The van der Waals surface area contributed by atoms with Crippen LogP contribution in [0.15, 0.2) is 24.3 Å². The van der Waals surface area contributed by atoms with Crippen LogP contribution in [0.5, 0.6) is 5.75 Å². The summed E-state index contributed by atoms with van der Waals surface area (Å²) < 4.78 is 80.5. The van der Waals surface area contributed by atoms with Gasteiger partial charge in [-0.3, -0.25) is 9.69 Å². The van der Waals surface area contributed by atoms with E-state index in [9.17, 15) is 35.9 Å². The average Bonchev–Trinajstić information content (AvgIpc) is 2.53. The zero-order valence-electron chi connectivity index (χ0n) is 13.6. The lowest BCUT2D eigenvalue weighted by Crippen LogP contribution is -2.48. The fourth-order valence-electron chi connectivity index (χ4n) is 2.42. The molecule has 1 saturated heterocycles. The Morgan fingerprint density at radius 1 is 1.00 bits per heavy atom. The van der Waals surface area contributed by atoms with Gasteiger partial charge in [0.2, 0.25) is 0 Å². The number of esters is 2. The summed E-state index contributed by atoms with van der Waals surface area (Å²) in [6, 6.07) is 5.33. The van der Waals surface area contributed by atoms with E-state index in [1.54, 1.807) is 11.0 Å². The lowest BCUT2D eigenvalue weighted by Gasteiger charge is -2.35. The van der Waals surface area contributed by atoms with Crippen LogP contribution >= 0.6 is 0 Å². The molecule has 1 heterocycles. The van der Waals surface area contributed by atoms with Crippen molar-refractivity contribution in [2.24, 2.45) is 0 Å². The first-order valence-corrected chi connectivity index (χ1v) is 7.59. The van der Waals surface area contributed by atoms with Gasteiger partial charge in [-0.2, -0.15) is 13.2 Å². The highest BCUT2D eigenvalue weighted by Crippen LogP contribution is 2.27. The maximum atomic E-state index is 12.3. The molecule has 1 aliphatic heterocycles. The van der Waals surface area contributed by atoms with E-state index >= 15 is 0 Å². The van der Waals surface area contributed by atoms with Gasteiger partial charge in [-0.15, -0.1) is 13.2 Å². The predicted octanol–water partition coefficient (Wildman–Crippen LogP) is 2.34. The largest absolute Gasteiger partial charge is 0.573 e. The van der Waals surface area contributed by atoms with Gasteiger partial charge in [0.1, 0.15) is 5.75 Å². The van der Waals surface area contributed by atoms with Gasteiger partial charge in [0, 0.05) is 37.9 Å². The molecule has 1 aliphatic rings. The van der Waals surface area contributed by atoms with Gasteiger partial charge in [0.25, 0.3) is 0 Å². The summed E-state index contributed by atoms with van der Waals surface area (Å²) in [6.07, 6.45) is -10.1. The highest BCUT2D eigenvalue weighted by atomic mass is 19.4. The quantitative estimate of drug-likeness (QED) is 0.439. The Balaban J connectivity index is 1.86. The number of carbonyl (C=O) groups is 2. The number of carbonyl (C=O) groups excluding carboxylic acids is 2. The number of rotatable bonds is 4. The van der Waals surface area contributed by atoms with E-state index in [1.165, 1.54) is 17.0 Å². The highest BCUT2D eigenvalue weighted by molar-refractivity contribution is 5.89. The fraction of sp³-hybridized carbons (Fsp3) is 0.467. The van der Waals surface area contributed by atoms with Gasteiger partial charge >= 0.3 is 24.5 Å². The van der Waals surface area contributed by atoms with Gasteiger partial charge in [0.05, 0.1) is 6.54 Å². The number of alkyl halides is 6. The zero-order chi connectivity index (χ0) is 20.2. The van der Waals surface area contributed by atoms with Crippen molar-refractivity contribution in [2.75, 3.05) is 37.6 Å². The minimum atomic E-state index is -5.25. The Bertz CT molecular complexity index is 684. The zero-order valence-corrected chi connectivity index (χ0v) is 13.6. The van der Waals surface area contributed by atoms with Crippen LogP contribution in [-0.4, -0.2) is 62.1 Å². The number of nitrogens with zero attached hydrogens (tertiary/aromatic N) is 2. The summed E-state index contributed by atoms with van der Waals surface area (Å²) in [5.41, 5.74) is 0.464. The Labute approximate surface area is 149 Å². The number of anilines is 1. The highest BCUT2D eigenvalue weighted by Gasteiger charge is 2.42. The molecule has 0 saturated carbocycles. The summed E-state index contributed by atoms with van der Waals surface area (Å²) in [5, 5.41) is 0. The number of piperazine rings is 1. The summed E-state index contributed by atoms with van der Waals surface area (Å²) in [7, 11) is 0. The maximum absolute atomic E-state index is 12.3. The van der Waals surface area contributed by atoms with Crippen LogP contribution in [0, 0.1) is 0 Å². The first-order valence-electron chi connectivity index (χ1n) is 7.59. The van der Waals surface area contributed by atoms with Crippen molar-refractivity contribution in [3.63, 3.8) is 0 Å². The third-order valence-electron chi connectivity index (χ3n) is 3.58. The van der Waals surface area contributed by atoms with E-state index in [2.05, 4.69) is 9.47 Å². The molecule has 0 aliphatic carbocycles. The van der Waals surface area contributed by atoms with Crippen LogP contribution in [0.1, 0.15) is 0 Å².